The molecule has 0 radical (unpaired) electrons. The smallest absolute Gasteiger partial charge is 0.420 e. The number of carbonyl (C=O) groups is 1. The molecule has 23 heavy (non-hydrogen) atoms. The van der Waals surface area contributed by atoms with Crippen molar-refractivity contribution in [2.45, 2.75) is 32.0 Å². The molecule has 1 atom stereocenters. The van der Waals surface area contributed by atoms with E-state index in [0.29, 0.717) is 13.0 Å². The summed E-state index contributed by atoms with van der Waals surface area (Å²) in [4.78, 5) is 13.6. The summed E-state index contributed by atoms with van der Waals surface area (Å²) in [5, 5.41) is 11.7. The minimum atomic E-state index is -4.58. The number of hydrogen-bond acceptors (Lipinski definition) is 3. The predicted octanol–water partition coefficient (Wildman–Crippen LogP) is 3.09. The average molecular weight is 332 g/mol. The Labute approximate surface area is 132 Å². The lowest BCUT2D eigenvalue weighted by Gasteiger charge is -2.23. The number of hydrogen-bond donors (Lipinski definition) is 2. The number of carbonyl (C=O) groups excluding carboxylic acids is 1. The van der Waals surface area contributed by atoms with Crippen LogP contribution in [0, 0.1) is 0 Å². The summed E-state index contributed by atoms with van der Waals surface area (Å²) >= 11 is 0. The number of alkyl halides is 3. The van der Waals surface area contributed by atoms with Crippen LogP contribution < -0.4 is 10.1 Å². The standard InChI is InChI=1S/C15H19F3N2O3/c1-2-23-13-6-5-10(8-12(13)15(16,17)18)19-14(22)20-7-3-4-11(20)9-21/h5-6,8,11,21H,2-4,7,9H2,1H3,(H,19,22)/t11-/m1/s1. The molecule has 1 heterocycles. The second-order valence-corrected chi connectivity index (χ2v) is 5.24. The lowest BCUT2D eigenvalue weighted by Crippen LogP contribution is -2.40. The second-order valence-electron chi connectivity index (χ2n) is 5.24. The number of rotatable bonds is 4. The van der Waals surface area contributed by atoms with Crippen LogP contribution in [-0.4, -0.2) is 41.8 Å². The number of urea groups is 1. The summed E-state index contributed by atoms with van der Waals surface area (Å²) in [5.41, 5.74) is -0.897. The molecule has 0 spiro atoms. The van der Waals surface area contributed by atoms with Crippen LogP contribution in [0.2, 0.25) is 0 Å². The molecule has 1 aliphatic heterocycles. The summed E-state index contributed by atoms with van der Waals surface area (Å²) in [6, 6.07) is 2.60. The van der Waals surface area contributed by atoms with Gasteiger partial charge in [-0.1, -0.05) is 0 Å². The van der Waals surface area contributed by atoms with E-state index in [9.17, 15) is 23.1 Å². The predicted molar refractivity (Wildman–Crippen MR) is 78.4 cm³/mol. The van der Waals surface area contributed by atoms with Crippen molar-refractivity contribution in [3.05, 3.63) is 23.8 Å². The van der Waals surface area contributed by atoms with E-state index in [4.69, 9.17) is 4.74 Å². The number of amides is 2. The van der Waals surface area contributed by atoms with E-state index in [1.54, 1.807) is 6.92 Å². The van der Waals surface area contributed by atoms with Gasteiger partial charge in [-0.2, -0.15) is 13.2 Å². The Balaban J connectivity index is 2.18. The SMILES string of the molecule is CCOc1ccc(NC(=O)N2CCC[C@@H]2CO)cc1C(F)(F)F. The summed E-state index contributed by atoms with van der Waals surface area (Å²) < 4.78 is 44.2. The van der Waals surface area contributed by atoms with Gasteiger partial charge < -0.3 is 20.1 Å². The lowest BCUT2D eigenvalue weighted by molar-refractivity contribution is -0.138. The van der Waals surface area contributed by atoms with Crippen LogP contribution in [0.15, 0.2) is 18.2 Å². The molecule has 1 saturated heterocycles. The number of halogens is 3. The molecular formula is C15H19F3N2O3. The molecule has 1 aromatic carbocycles. The van der Waals surface area contributed by atoms with Crippen molar-refractivity contribution < 1.29 is 27.8 Å². The molecule has 2 amide bonds. The number of benzene rings is 1. The summed E-state index contributed by atoms with van der Waals surface area (Å²) in [5.74, 6) is -0.271. The van der Waals surface area contributed by atoms with E-state index in [1.807, 2.05) is 0 Å². The molecule has 0 aliphatic carbocycles. The van der Waals surface area contributed by atoms with Crippen molar-refractivity contribution in [1.29, 1.82) is 0 Å². The maximum Gasteiger partial charge on any atom is 0.420 e. The monoisotopic (exact) mass is 332 g/mol. The van der Waals surface area contributed by atoms with Crippen LogP contribution >= 0.6 is 0 Å². The van der Waals surface area contributed by atoms with Gasteiger partial charge in [-0.25, -0.2) is 4.79 Å². The summed E-state index contributed by atoms with van der Waals surface area (Å²) in [6.45, 7) is 2.02. The van der Waals surface area contributed by atoms with Gasteiger partial charge in [-0.3, -0.25) is 0 Å². The molecule has 0 aromatic heterocycles. The van der Waals surface area contributed by atoms with Crippen LogP contribution in [0.1, 0.15) is 25.3 Å². The molecule has 2 rings (SSSR count). The largest absolute Gasteiger partial charge is 0.493 e. The van der Waals surface area contributed by atoms with E-state index in [-0.39, 0.29) is 30.7 Å². The van der Waals surface area contributed by atoms with E-state index in [2.05, 4.69) is 5.32 Å². The fourth-order valence-corrected chi connectivity index (χ4v) is 2.60. The lowest BCUT2D eigenvalue weighted by atomic mass is 10.1. The van der Waals surface area contributed by atoms with Gasteiger partial charge in [0.1, 0.15) is 5.75 Å². The van der Waals surface area contributed by atoms with E-state index >= 15 is 0 Å². The third kappa shape index (κ3) is 4.07. The summed E-state index contributed by atoms with van der Waals surface area (Å²) in [7, 11) is 0. The van der Waals surface area contributed by atoms with Crippen molar-refractivity contribution in [3.63, 3.8) is 0 Å². The van der Waals surface area contributed by atoms with Crippen molar-refractivity contribution in [2.75, 3.05) is 25.1 Å². The van der Waals surface area contributed by atoms with Crippen molar-refractivity contribution >= 4 is 11.7 Å². The quantitative estimate of drug-likeness (QED) is 0.891. The Kier molecular flexibility index (Phi) is 5.35. The molecule has 0 bridgehead atoms. The molecule has 1 aliphatic rings. The third-order valence-corrected chi connectivity index (χ3v) is 3.68. The van der Waals surface area contributed by atoms with Crippen molar-refractivity contribution in [2.24, 2.45) is 0 Å². The van der Waals surface area contributed by atoms with Crippen LogP contribution in [-0.2, 0) is 6.18 Å². The number of anilines is 1. The molecule has 0 saturated carbocycles. The Morgan fingerprint density at radius 2 is 2.22 bits per heavy atom. The second kappa shape index (κ2) is 7.08. The molecule has 1 aromatic rings. The molecule has 2 N–H and O–H groups in total. The van der Waals surface area contributed by atoms with E-state index < -0.39 is 17.8 Å². The van der Waals surface area contributed by atoms with Gasteiger partial charge >= 0.3 is 12.2 Å². The zero-order chi connectivity index (χ0) is 17.0. The van der Waals surface area contributed by atoms with Gasteiger partial charge in [-0.05, 0) is 38.0 Å². The Morgan fingerprint density at radius 3 is 2.83 bits per heavy atom. The fourth-order valence-electron chi connectivity index (χ4n) is 2.60. The first-order valence-corrected chi connectivity index (χ1v) is 7.39. The molecule has 5 nitrogen and oxygen atoms in total. The fraction of sp³-hybridized carbons (Fsp3) is 0.533. The highest BCUT2D eigenvalue weighted by Gasteiger charge is 2.35. The zero-order valence-corrected chi connectivity index (χ0v) is 12.7. The highest BCUT2D eigenvalue weighted by Crippen LogP contribution is 2.38. The molecule has 128 valence electrons. The third-order valence-electron chi connectivity index (χ3n) is 3.68. The average Bonchev–Trinajstić information content (AvgIpc) is 2.96. The van der Waals surface area contributed by atoms with Gasteiger partial charge in [0.05, 0.1) is 24.8 Å². The van der Waals surface area contributed by atoms with Crippen LogP contribution in [0.4, 0.5) is 23.7 Å². The van der Waals surface area contributed by atoms with Gasteiger partial charge in [0.25, 0.3) is 0 Å². The highest BCUT2D eigenvalue weighted by atomic mass is 19.4. The zero-order valence-electron chi connectivity index (χ0n) is 12.7. The van der Waals surface area contributed by atoms with Crippen molar-refractivity contribution in [1.82, 2.24) is 4.90 Å². The Hall–Kier alpha value is -1.96. The Morgan fingerprint density at radius 1 is 1.48 bits per heavy atom. The van der Waals surface area contributed by atoms with E-state index in [0.717, 1.165) is 12.5 Å². The molecule has 0 unspecified atom stereocenters. The van der Waals surface area contributed by atoms with Crippen LogP contribution in [0.5, 0.6) is 5.75 Å². The number of likely N-dealkylation sites (tertiary alicyclic amines) is 1. The van der Waals surface area contributed by atoms with Gasteiger partial charge in [0, 0.05) is 12.2 Å². The number of nitrogens with one attached hydrogen (secondary N) is 1. The normalized spacial score (nSPS) is 18.1. The molecular weight excluding hydrogens is 313 g/mol. The molecule has 1 fully saturated rings. The number of ether oxygens (including phenoxy) is 1. The van der Waals surface area contributed by atoms with Crippen LogP contribution in [0.3, 0.4) is 0 Å². The minimum Gasteiger partial charge on any atom is -0.493 e. The maximum atomic E-state index is 13.1. The van der Waals surface area contributed by atoms with Crippen LogP contribution in [0.25, 0.3) is 0 Å². The van der Waals surface area contributed by atoms with Gasteiger partial charge in [-0.15, -0.1) is 0 Å². The molecule has 8 heteroatoms. The topological polar surface area (TPSA) is 61.8 Å². The van der Waals surface area contributed by atoms with Crippen molar-refractivity contribution in [3.8, 4) is 5.75 Å². The first-order chi connectivity index (χ1) is 10.9. The first kappa shape index (κ1) is 17.4. The number of nitrogens with zero attached hydrogens (tertiary/aromatic N) is 1. The number of aliphatic hydroxyl groups is 1. The Bertz CT molecular complexity index is 563. The number of aliphatic hydroxyl groups excluding tert-OH is 1. The van der Waals surface area contributed by atoms with E-state index in [1.165, 1.54) is 17.0 Å². The maximum absolute atomic E-state index is 13.1. The van der Waals surface area contributed by atoms with Gasteiger partial charge in [0.15, 0.2) is 0 Å². The summed E-state index contributed by atoms with van der Waals surface area (Å²) in [6.07, 6.45) is -3.14. The highest BCUT2D eigenvalue weighted by molar-refractivity contribution is 5.90. The van der Waals surface area contributed by atoms with Gasteiger partial charge in [0.2, 0.25) is 0 Å². The minimum absolute atomic E-state index is 0.0365. The first-order valence-electron chi connectivity index (χ1n) is 7.39.